The van der Waals surface area contributed by atoms with Crippen LogP contribution >= 0.6 is 0 Å². The van der Waals surface area contributed by atoms with E-state index in [-0.39, 0.29) is 11.8 Å². The van der Waals surface area contributed by atoms with Crippen LogP contribution in [0, 0.1) is 16.7 Å². The molecule has 3 rings (SSSR count). The van der Waals surface area contributed by atoms with Crippen LogP contribution in [0.25, 0.3) is 0 Å². The van der Waals surface area contributed by atoms with E-state index in [1.165, 1.54) is 0 Å². The van der Waals surface area contributed by atoms with Crippen LogP contribution in [0.2, 0.25) is 0 Å². The molecule has 2 saturated carbocycles. The third kappa shape index (κ3) is 2.96. The van der Waals surface area contributed by atoms with E-state index in [9.17, 15) is 14.9 Å². The average molecular weight is 297 g/mol. The molecule has 114 valence electrons. The van der Waals surface area contributed by atoms with Gasteiger partial charge in [-0.05, 0) is 49.9 Å². The molecular weight excluding hydrogens is 278 g/mol. The first-order valence-electron chi connectivity index (χ1n) is 7.77. The van der Waals surface area contributed by atoms with Crippen LogP contribution in [-0.4, -0.2) is 17.9 Å². The highest BCUT2D eigenvalue weighted by atomic mass is 16.2. The topological polar surface area (TPSA) is 82.0 Å². The maximum atomic E-state index is 12.3. The van der Waals surface area contributed by atoms with E-state index in [0.29, 0.717) is 30.1 Å². The zero-order valence-electron chi connectivity index (χ0n) is 12.4. The number of nitrogens with one attached hydrogen (secondary N) is 2. The fourth-order valence-corrected chi connectivity index (χ4v) is 2.82. The number of benzene rings is 1. The van der Waals surface area contributed by atoms with Gasteiger partial charge < -0.3 is 10.6 Å². The van der Waals surface area contributed by atoms with Gasteiger partial charge in [0.05, 0.1) is 6.07 Å². The van der Waals surface area contributed by atoms with Crippen molar-refractivity contribution >= 4 is 17.5 Å². The first-order valence-corrected chi connectivity index (χ1v) is 7.77. The highest BCUT2D eigenvalue weighted by molar-refractivity contribution is 5.98. The second kappa shape index (κ2) is 5.80. The number of rotatable bonds is 4. The van der Waals surface area contributed by atoms with Crippen molar-refractivity contribution in [2.24, 2.45) is 5.41 Å². The Morgan fingerprint density at radius 2 is 1.77 bits per heavy atom. The molecule has 5 heteroatoms. The second-order valence-corrected chi connectivity index (χ2v) is 6.18. The lowest BCUT2D eigenvalue weighted by Gasteiger charge is -2.19. The highest BCUT2D eigenvalue weighted by Crippen LogP contribution is 2.38. The summed E-state index contributed by atoms with van der Waals surface area (Å²) in [6.45, 7) is 0. The largest absolute Gasteiger partial charge is 0.349 e. The molecule has 0 radical (unpaired) electrons. The van der Waals surface area contributed by atoms with E-state index < -0.39 is 5.41 Å². The van der Waals surface area contributed by atoms with Crippen LogP contribution in [0.5, 0.6) is 0 Å². The van der Waals surface area contributed by atoms with Gasteiger partial charge in [-0.3, -0.25) is 9.59 Å². The molecule has 5 nitrogen and oxygen atoms in total. The Hall–Kier alpha value is -2.35. The van der Waals surface area contributed by atoms with Gasteiger partial charge in [-0.25, -0.2) is 0 Å². The van der Waals surface area contributed by atoms with Gasteiger partial charge in [0.2, 0.25) is 5.91 Å². The second-order valence-electron chi connectivity index (χ2n) is 6.18. The number of carbonyl (C=O) groups excluding carboxylic acids is 2. The highest BCUT2D eigenvalue weighted by Gasteiger charge is 2.41. The monoisotopic (exact) mass is 297 g/mol. The van der Waals surface area contributed by atoms with Crippen molar-refractivity contribution in [1.29, 1.82) is 5.26 Å². The molecule has 2 fully saturated rings. The minimum absolute atomic E-state index is 0.0790. The van der Waals surface area contributed by atoms with Crippen molar-refractivity contribution in [2.45, 2.75) is 44.6 Å². The van der Waals surface area contributed by atoms with E-state index in [4.69, 9.17) is 0 Å². The molecule has 2 N–H and O–H groups in total. The first kappa shape index (κ1) is 14.6. The predicted molar refractivity (Wildman–Crippen MR) is 82.1 cm³/mol. The summed E-state index contributed by atoms with van der Waals surface area (Å²) in [6, 6.07) is 9.31. The fourth-order valence-electron chi connectivity index (χ4n) is 2.82. The third-order valence-electron chi connectivity index (χ3n) is 4.42. The van der Waals surface area contributed by atoms with Crippen molar-refractivity contribution in [3.8, 4) is 6.07 Å². The molecule has 0 spiro atoms. The van der Waals surface area contributed by atoms with Crippen molar-refractivity contribution in [1.82, 2.24) is 5.32 Å². The molecular formula is C17H19N3O2. The van der Waals surface area contributed by atoms with Crippen molar-refractivity contribution in [2.75, 3.05) is 5.32 Å². The zero-order chi connectivity index (χ0) is 15.6. The predicted octanol–water partition coefficient (Wildman–Crippen LogP) is 2.60. The summed E-state index contributed by atoms with van der Waals surface area (Å²) in [4.78, 5) is 24.2. The maximum Gasteiger partial charge on any atom is 0.251 e. The smallest absolute Gasteiger partial charge is 0.251 e. The van der Waals surface area contributed by atoms with Crippen LogP contribution in [0.15, 0.2) is 24.3 Å². The van der Waals surface area contributed by atoms with Gasteiger partial charge in [0.1, 0.15) is 5.41 Å². The molecule has 0 unspecified atom stereocenters. The Morgan fingerprint density at radius 3 is 2.32 bits per heavy atom. The normalized spacial score (nSPS) is 19.2. The summed E-state index contributed by atoms with van der Waals surface area (Å²) in [7, 11) is 0. The van der Waals surface area contributed by atoms with Gasteiger partial charge in [0.15, 0.2) is 0 Å². The fraction of sp³-hybridized carbons (Fsp3) is 0.471. The van der Waals surface area contributed by atoms with Gasteiger partial charge in [-0.1, -0.05) is 12.8 Å². The Labute approximate surface area is 129 Å². The number of amides is 2. The Morgan fingerprint density at radius 1 is 1.14 bits per heavy atom. The van der Waals surface area contributed by atoms with E-state index in [0.717, 1.165) is 25.7 Å². The Bertz CT molecular complexity index is 620. The molecule has 0 atom stereocenters. The summed E-state index contributed by atoms with van der Waals surface area (Å²) < 4.78 is 0. The Balaban J connectivity index is 1.64. The minimum atomic E-state index is -0.887. The van der Waals surface area contributed by atoms with Crippen molar-refractivity contribution in [3.05, 3.63) is 29.8 Å². The molecule has 0 saturated heterocycles. The van der Waals surface area contributed by atoms with Gasteiger partial charge in [0.25, 0.3) is 5.91 Å². The van der Waals surface area contributed by atoms with Crippen molar-refractivity contribution < 1.29 is 9.59 Å². The van der Waals surface area contributed by atoms with Crippen LogP contribution < -0.4 is 10.6 Å². The summed E-state index contributed by atoms with van der Waals surface area (Å²) in [5.41, 5.74) is 0.317. The lowest BCUT2D eigenvalue weighted by atomic mass is 9.87. The lowest BCUT2D eigenvalue weighted by molar-refractivity contribution is -0.122. The summed E-state index contributed by atoms with van der Waals surface area (Å²) in [5, 5.41) is 15.0. The molecule has 2 amide bonds. The molecule has 1 aromatic carbocycles. The minimum Gasteiger partial charge on any atom is -0.349 e. The van der Waals surface area contributed by atoms with Gasteiger partial charge >= 0.3 is 0 Å². The molecule has 0 aromatic heterocycles. The molecule has 0 heterocycles. The number of hydrogen-bond acceptors (Lipinski definition) is 3. The van der Waals surface area contributed by atoms with Gasteiger partial charge in [0, 0.05) is 17.3 Å². The SMILES string of the molecule is N#CC1(C(=O)Nc2ccc(C(=O)NC3CC3)cc2)CCCC1. The Kier molecular flexibility index (Phi) is 3.84. The molecule has 22 heavy (non-hydrogen) atoms. The van der Waals surface area contributed by atoms with Crippen LogP contribution in [0.4, 0.5) is 5.69 Å². The zero-order valence-corrected chi connectivity index (χ0v) is 12.4. The first-order chi connectivity index (χ1) is 10.6. The standard InChI is InChI=1S/C17H19N3O2/c18-11-17(9-1-2-10-17)16(22)20-14-5-3-12(4-6-14)15(21)19-13-7-8-13/h3-6,13H,1-2,7-10H2,(H,19,21)(H,20,22). The maximum absolute atomic E-state index is 12.3. The summed E-state index contributed by atoms with van der Waals surface area (Å²) in [6.07, 6.45) is 5.18. The molecule has 0 aliphatic heterocycles. The molecule has 2 aliphatic carbocycles. The van der Waals surface area contributed by atoms with E-state index in [2.05, 4.69) is 16.7 Å². The van der Waals surface area contributed by atoms with Crippen LogP contribution in [0.1, 0.15) is 48.9 Å². The van der Waals surface area contributed by atoms with E-state index in [1.807, 2.05) is 0 Å². The van der Waals surface area contributed by atoms with E-state index >= 15 is 0 Å². The quantitative estimate of drug-likeness (QED) is 0.896. The number of nitriles is 1. The van der Waals surface area contributed by atoms with Crippen molar-refractivity contribution in [3.63, 3.8) is 0 Å². The summed E-state index contributed by atoms with van der Waals surface area (Å²) >= 11 is 0. The van der Waals surface area contributed by atoms with E-state index in [1.54, 1.807) is 24.3 Å². The van der Waals surface area contributed by atoms with Gasteiger partial charge in [-0.15, -0.1) is 0 Å². The molecule has 0 bridgehead atoms. The number of anilines is 1. The van der Waals surface area contributed by atoms with Gasteiger partial charge in [-0.2, -0.15) is 5.26 Å². The van der Waals surface area contributed by atoms with Crippen LogP contribution in [0.3, 0.4) is 0 Å². The molecule has 1 aromatic rings. The van der Waals surface area contributed by atoms with Crippen LogP contribution in [-0.2, 0) is 4.79 Å². The molecule has 2 aliphatic rings. The lowest BCUT2D eigenvalue weighted by Crippen LogP contribution is -2.32. The number of hydrogen-bond donors (Lipinski definition) is 2. The average Bonchev–Trinajstić information content (AvgIpc) is 3.20. The third-order valence-corrected chi connectivity index (χ3v) is 4.42. The summed E-state index contributed by atoms with van der Waals surface area (Å²) in [5.74, 6) is -0.313. The number of carbonyl (C=O) groups is 2. The number of nitrogens with zero attached hydrogens (tertiary/aromatic N) is 1.